The number of anilines is 3. The van der Waals surface area contributed by atoms with Gasteiger partial charge in [0.1, 0.15) is 11.9 Å². The Labute approximate surface area is 309 Å². The van der Waals surface area contributed by atoms with Gasteiger partial charge in [-0.05, 0) is 80.8 Å². The van der Waals surface area contributed by atoms with Crippen LogP contribution in [-0.2, 0) is 22.6 Å². The fourth-order valence-corrected chi connectivity index (χ4v) is 7.97. The Morgan fingerprint density at radius 3 is 2.47 bits per heavy atom. The smallest absolute Gasteiger partial charge is 0.255 e. The average molecular weight is 720 g/mol. The summed E-state index contributed by atoms with van der Waals surface area (Å²) in [5.41, 5.74) is 11.5. The molecule has 5 heterocycles. The van der Waals surface area contributed by atoms with Crippen molar-refractivity contribution in [2.75, 3.05) is 35.2 Å². The largest absolute Gasteiger partial charge is 0.384 e. The number of nitrogens with two attached hydrogens (primary N) is 1. The van der Waals surface area contributed by atoms with Gasteiger partial charge in [0.05, 0.1) is 6.20 Å². The van der Waals surface area contributed by atoms with Crippen molar-refractivity contribution in [2.24, 2.45) is 11.7 Å². The molecule has 1 unspecified atom stereocenters. The lowest BCUT2D eigenvalue weighted by Gasteiger charge is -2.34. The van der Waals surface area contributed by atoms with Crippen LogP contribution in [0, 0.1) is 5.92 Å². The number of hydrogen-bond acceptors (Lipinski definition) is 9. The van der Waals surface area contributed by atoms with Gasteiger partial charge in [-0.25, -0.2) is 4.98 Å². The second-order valence-electron chi connectivity index (χ2n) is 14.6. The summed E-state index contributed by atoms with van der Waals surface area (Å²) in [6, 6.07) is 17.2. The molecule has 1 atom stereocenters. The number of nitrogens with zero attached hydrogens (tertiary/aromatic N) is 5. The van der Waals surface area contributed by atoms with E-state index >= 15 is 0 Å². The maximum absolute atomic E-state index is 13.0. The Morgan fingerprint density at radius 1 is 0.981 bits per heavy atom. The Balaban J connectivity index is 0.000000202. The summed E-state index contributed by atoms with van der Waals surface area (Å²) in [6.07, 6.45) is 11.9. The first kappa shape index (κ1) is 35.9. The monoisotopic (exact) mass is 719 g/mol. The van der Waals surface area contributed by atoms with E-state index in [9.17, 15) is 19.2 Å². The predicted molar refractivity (Wildman–Crippen MR) is 204 cm³/mol. The minimum Gasteiger partial charge on any atom is -0.384 e. The number of aromatic nitrogens is 3. The van der Waals surface area contributed by atoms with Gasteiger partial charge in [-0.15, -0.1) is 0 Å². The topological polar surface area (TPSA) is 167 Å². The third kappa shape index (κ3) is 8.13. The summed E-state index contributed by atoms with van der Waals surface area (Å²) < 4.78 is 1.91. The molecule has 3 aliphatic heterocycles. The van der Waals surface area contributed by atoms with Gasteiger partial charge in [0.2, 0.25) is 17.7 Å². The summed E-state index contributed by atoms with van der Waals surface area (Å²) >= 11 is 0. The SMILES string of the molecule is CCCc1cc(NC2CCCC2)n2nccc2n1.NC(=O)c1ccc(N2CCC(CNc3cccc4c3CN(C3CCC(=O)NC3=O)C4=O)CC2)cc1. The van der Waals surface area contributed by atoms with Gasteiger partial charge in [0.25, 0.3) is 5.91 Å². The third-order valence-corrected chi connectivity index (χ3v) is 10.9. The van der Waals surface area contributed by atoms with E-state index in [4.69, 9.17) is 5.73 Å². The number of piperidine rings is 2. The van der Waals surface area contributed by atoms with Crippen molar-refractivity contribution in [3.63, 3.8) is 0 Å². The molecule has 0 bridgehead atoms. The number of benzene rings is 2. The highest BCUT2D eigenvalue weighted by atomic mass is 16.2. The quantitative estimate of drug-likeness (QED) is 0.167. The van der Waals surface area contributed by atoms with Crippen molar-refractivity contribution in [1.82, 2.24) is 24.8 Å². The number of carbonyl (C=O) groups is 4. The zero-order chi connectivity index (χ0) is 36.9. The standard InChI is InChI=1S/C26H29N5O4.C14H20N4/c27-24(33)17-4-6-18(7-5-17)30-12-10-16(11-13-30)14-28-21-3-1-2-19-20(21)15-31(26(19)35)22-8-9-23(32)29-25(22)34;1-2-5-12-10-14(16-11-6-3-4-7-11)18-13(17-12)8-9-15-18/h1-7,16,22,28H,8-15H2,(H2,27,33)(H,29,32,34);8-11,16H,2-7H2,1H3. The van der Waals surface area contributed by atoms with Crippen molar-refractivity contribution in [2.45, 2.75) is 89.8 Å². The molecule has 8 rings (SSSR count). The van der Waals surface area contributed by atoms with Crippen LogP contribution in [0.15, 0.2) is 60.8 Å². The fourth-order valence-electron chi connectivity index (χ4n) is 7.97. The first-order valence-corrected chi connectivity index (χ1v) is 19.0. The molecule has 53 heavy (non-hydrogen) atoms. The van der Waals surface area contributed by atoms with E-state index in [1.54, 1.807) is 23.1 Å². The summed E-state index contributed by atoms with van der Waals surface area (Å²) in [4.78, 5) is 56.6. The number of nitrogens with one attached hydrogen (secondary N) is 3. The van der Waals surface area contributed by atoms with Crippen molar-refractivity contribution in [3.05, 3.63) is 83.2 Å². The van der Waals surface area contributed by atoms with E-state index in [0.717, 1.165) is 79.4 Å². The molecule has 0 spiro atoms. The van der Waals surface area contributed by atoms with Crippen LogP contribution in [0.1, 0.15) is 96.7 Å². The molecule has 278 valence electrons. The van der Waals surface area contributed by atoms with Crippen LogP contribution in [0.4, 0.5) is 17.2 Å². The van der Waals surface area contributed by atoms with Crippen LogP contribution < -0.4 is 26.6 Å². The molecular weight excluding hydrogens is 670 g/mol. The Kier molecular flexibility index (Phi) is 10.9. The fraction of sp³-hybridized carbons (Fsp3) is 0.450. The molecule has 13 heteroatoms. The lowest BCUT2D eigenvalue weighted by atomic mass is 9.96. The lowest BCUT2D eigenvalue weighted by molar-refractivity contribution is -0.136. The molecule has 1 aliphatic carbocycles. The predicted octanol–water partition coefficient (Wildman–Crippen LogP) is 4.91. The first-order chi connectivity index (χ1) is 25.8. The van der Waals surface area contributed by atoms with Gasteiger partial charge < -0.3 is 26.2 Å². The van der Waals surface area contributed by atoms with E-state index < -0.39 is 17.9 Å². The molecule has 2 aromatic carbocycles. The lowest BCUT2D eigenvalue weighted by Crippen LogP contribution is -2.52. The number of amides is 4. The molecule has 4 aliphatic rings. The van der Waals surface area contributed by atoms with E-state index in [-0.39, 0.29) is 18.2 Å². The van der Waals surface area contributed by atoms with E-state index in [0.29, 0.717) is 36.1 Å². The van der Waals surface area contributed by atoms with Crippen molar-refractivity contribution < 1.29 is 19.2 Å². The van der Waals surface area contributed by atoms with Crippen molar-refractivity contribution in [1.29, 1.82) is 0 Å². The summed E-state index contributed by atoms with van der Waals surface area (Å²) in [6.45, 7) is 5.21. The zero-order valence-corrected chi connectivity index (χ0v) is 30.4. The number of imide groups is 1. The molecule has 4 amide bonds. The molecule has 2 saturated heterocycles. The van der Waals surface area contributed by atoms with Crippen LogP contribution >= 0.6 is 0 Å². The van der Waals surface area contributed by atoms with E-state index in [2.05, 4.69) is 43.9 Å². The third-order valence-electron chi connectivity index (χ3n) is 10.9. The highest BCUT2D eigenvalue weighted by Crippen LogP contribution is 2.33. The normalized spacial score (nSPS) is 19.2. The van der Waals surface area contributed by atoms with Gasteiger partial charge >= 0.3 is 0 Å². The molecule has 4 aromatic rings. The molecule has 0 radical (unpaired) electrons. The van der Waals surface area contributed by atoms with Crippen LogP contribution in [0.25, 0.3) is 5.65 Å². The van der Waals surface area contributed by atoms with Crippen LogP contribution in [0.2, 0.25) is 0 Å². The average Bonchev–Trinajstić information content (AvgIpc) is 3.93. The minimum absolute atomic E-state index is 0.159. The molecule has 2 aromatic heterocycles. The number of fused-ring (bicyclic) bond motifs is 2. The van der Waals surface area contributed by atoms with Crippen molar-refractivity contribution >= 4 is 46.5 Å². The van der Waals surface area contributed by atoms with Gasteiger partial charge in [-0.3, -0.25) is 24.5 Å². The molecule has 3 fully saturated rings. The maximum atomic E-state index is 13.0. The molecule has 13 nitrogen and oxygen atoms in total. The maximum Gasteiger partial charge on any atom is 0.255 e. The molecule has 5 N–H and O–H groups in total. The first-order valence-electron chi connectivity index (χ1n) is 19.0. The summed E-state index contributed by atoms with van der Waals surface area (Å²) in [7, 11) is 0. The van der Waals surface area contributed by atoms with Gasteiger partial charge in [-0.2, -0.15) is 9.61 Å². The van der Waals surface area contributed by atoms with E-state index in [1.165, 1.54) is 25.7 Å². The van der Waals surface area contributed by atoms with Gasteiger partial charge in [-0.1, -0.05) is 32.3 Å². The van der Waals surface area contributed by atoms with E-state index in [1.807, 2.05) is 41.0 Å². The highest BCUT2D eigenvalue weighted by Gasteiger charge is 2.40. The Morgan fingerprint density at radius 2 is 1.75 bits per heavy atom. The zero-order valence-electron chi connectivity index (χ0n) is 30.4. The molecule has 1 saturated carbocycles. The summed E-state index contributed by atoms with van der Waals surface area (Å²) in [5, 5.41) is 13.9. The van der Waals surface area contributed by atoms with Crippen molar-refractivity contribution in [3.8, 4) is 0 Å². The highest BCUT2D eigenvalue weighted by molar-refractivity contribution is 6.06. The van der Waals surface area contributed by atoms with Crippen LogP contribution in [0.5, 0.6) is 0 Å². The Hall–Kier alpha value is -5.46. The second kappa shape index (κ2) is 16.1. The number of rotatable bonds is 10. The number of carbonyl (C=O) groups excluding carboxylic acids is 4. The summed E-state index contributed by atoms with van der Waals surface area (Å²) in [5.74, 6) is 0.333. The minimum atomic E-state index is -0.609. The Bertz CT molecular complexity index is 1960. The number of primary amides is 1. The number of hydrogen-bond donors (Lipinski definition) is 4. The van der Waals surface area contributed by atoms with Crippen LogP contribution in [-0.4, -0.2) is 74.8 Å². The van der Waals surface area contributed by atoms with Gasteiger partial charge in [0.15, 0.2) is 5.65 Å². The second-order valence-corrected chi connectivity index (χ2v) is 14.6. The molecular formula is C40H49N9O4. The number of aryl methyl sites for hydroxylation is 1. The van der Waals surface area contributed by atoms with Gasteiger partial charge in [0, 0.05) is 84.5 Å². The van der Waals surface area contributed by atoms with Crippen LogP contribution in [0.3, 0.4) is 0 Å².